The quantitative estimate of drug-likeness (QED) is 0.576. The smallest absolute Gasteiger partial charge is 0.380 e. The Hall–Kier alpha value is -1.75. The summed E-state index contributed by atoms with van der Waals surface area (Å²) >= 11 is 0. The molecular formula is C13H17O5. The maximum atomic E-state index is 11.9. The molecule has 0 aliphatic rings. The van der Waals surface area contributed by atoms with E-state index in [1.54, 1.807) is 25.1 Å². The predicted molar refractivity (Wildman–Crippen MR) is 65.3 cm³/mol. The molecule has 0 saturated heterocycles. The number of benzene rings is 1. The number of methoxy groups -OCH3 is 2. The summed E-state index contributed by atoms with van der Waals surface area (Å²) in [7, 11) is 2.94. The Morgan fingerprint density at radius 1 is 1.11 bits per heavy atom. The molecular weight excluding hydrogens is 236 g/mol. The highest BCUT2D eigenvalue weighted by atomic mass is 17.2. The van der Waals surface area contributed by atoms with Gasteiger partial charge in [0.15, 0.2) is 0 Å². The van der Waals surface area contributed by atoms with E-state index in [-0.39, 0.29) is 5.56 Å². The molecule has 99 valence electrons. The molecule has 1 radical (unpaired) electrons. The Morgan fingerprint density at radius 3 is 2.11 bits per heavy atom. The average molecular weight is 253 g/mol. The maximum absolute atomic E-state index is 11.9. The van der Waals surface area contributed by atoms with Crippen LogP contribution in [0.3, 0.4) is 0 Å². The topological polar surface area (TPSA) is 54.0 Å². The van der Waals surface area contributed by atoms with Crippen LogP contribution in [0.1, 0.15) is 30.6 Å². The average Bonchev–Trinajstić information content (AvgIpc) is 2.43. The van der Waals surface area contributed by atoms with E-state index in [0.29, 0.717) is 24.0 Å². The van der Waals surface area contributed by atoms with Gasteiger partial charge in [-0.1, -0.05) is 13.0 Å². The molecule has 1 aromatic carbocycles. The summed E-state index contributed by atoms with van der Waals surface area (Å²) in [6.07, 6.45) is 1.27. The monoisotopic (exact) mass is 253 g/mol. The number of carbonyl (C=O) groups is 1. The van der Waals surface area contributed by atoms with Gasteiger partial charge >= 0.3 is 5.97 Å². The summed E-state index contributed by atoms with van der Waals surface area (Å²) < 4.78 is 10.2. The molecule has 0 atom stereocenters. The number of carbonyl (C=O) groups excluding carboxylic acids is 1. The van der Waals surface area contributed by atoms with Crippen molar-refractivity contribution in [2.45, 2.75) is 20.3 Å². The Kier molecular flexibility index (Phi) is 5.45. The van der Waals surface area contributed by atoms with Crippen molar-refractivity contribution < 1.29 is 24.0 Å². The number of ether oxygens (including phenoxy) is 2. The van der Waals surface area contributed by atoms with Gasteiger partial charge in [0.1, 0.15) is 23.2 Å². The zero-order chi connectivity index (χ0) is 13.5. The van der Waals surface area contributed by atoms with Crippen molar-refractivity contribution in [1.82, 2.24) is 0 Å². The van der Waals surface area contributed by atoms with Crippen LogP contribution in [0.4, 0.5) is 0 Å². The third-order valence-electron chi connectivity index (χ3n) is 2.39. The third-order valence-corrected chi connectivity index (χ3v) is 2.39. The predicted octanol–water partition coefficient (Wildman–Crippen LogP) is 2.75. The van der Waals surface area contributed by atoms with Crippen LogP contribution < -0.4 is 9.47 Å². The van der Waals surface area contributed by atoms with Crippen LogP contribution in [0.15, 0.2) is 18.2 Å². The molecule has 18 heavy (non-hydrogen) atoms. The summed E-state index contributed by atoms with van der Waals surface area (Å²) in [4.78, 5) is 21.5. The molecule has 0 fully saturated rings. The van der Waals surface area contributed by atoms with Gasteiger partial charge in [-0.05, 0) is 25.5 Å². The van der Waals surface area contributed by atoms with Crippen molar-refractivity contribution in [3.05, 3.63) is 29.9 Å². The fourth-order valence-corrected chi connectivity index (χ4v) is 1.26. The zero-order valence-electron chi connectivity index (χ0n) is 11.0. The SMILES string of the molecule is CC[C](C)OOC(=O)c1c(OC)cccc1OC. The summed E-state index contributed by atoms with van der Waals surface area (Å²) in [6, 6.07) is 5.02. The van der Waals surface area contributed by atoms with E-state index in [0.717, 1.165) is 0 Å². The van der Waals surface area contributed by atoms with Gasteiger partial charge in [-0.2, -0.15) is 4.89 Å². The molecule has 5 heteroatoms. The lowest BCUT2D eigenvalue weighted by atomic mass is 10.2. The van der Waals surface area contributed by atoms with Crippen LogP contribution in [-0.4, -0.2) is 20.2 Å². The fourth-order valence-electron chi connectivity index (χ4n) is 1.26. The maximum Gasteiger partial charge on any atom is 0.380 e. The molecule has 0 saturated carbocycles. The van der Waals surface area contributed by atoms with Gasteiger partial charge in [0.25, 0.3) is 0 Å². The van der Waals surface area contributed by atoms with Gasteiger partial charge in [0.2, 0.25) is 0 Å². The number of rotatable bonds is 6. The van der Waals surface area contributed by atoms with Crippen LogP contribution in [0.25, 0.3) is 0 Å². The van der Waals surface area contributed by atoms with Crippen LogP contribution in [0, 0.1) is 6.10 Å². The summed E-state index contributed by atoms with van der Waals surface area (Å²) in [5.74, 6) is 0.0892. The minimum atomic E-state index is -0.655. The summed E-state index contributed by atoms with van der Waals surface area (Å²) in [5.41, 5.74) is 0.200. The van der Waals surface area contributed by atoms with E-state index in [1.807, 2.05) is 6.92 Å². The second-order valence-corrected chi connectivity index (χ2v) is 3.55. The van der Waals surface area contributed by atoms with Gasteiger partial charge < -0.3 is 9.47 Å². The molecule has 1 rings (SSSR count). The van der Waals surface area contributed by atoms with E-state index < -0.39 is 5.97 Å². The molecule has 0 aliphatic carbocycles. The van der Waals surface area contributed by atoms with E-state index in [9.17, 15) is 4.79 Å². The highest BCUT2D eigenvalue weighted by molar-refractivity contribution is 5.95. The van der Waals surface area contributed by atoms with Crippen molar-refractivity contribution in [1.29, 1.82) is 0 Å². The summed E-state index contributed by atoms with van der Waals surface area (Å²) in [5, 5.41) is 0. The lowest BCUT2D eigenvalue weighted by molar-refractivity contribution is -0.232. The fraction of sp³-hybridized carbons (Fsp3) is 0.385. The second-order valence-electron chi connectivity index (χ2n) is 3.55. The van der Waals surface area contributed by atoms with Crippen molar-refractivity contribution in [3.8, 4) is 11.5 Å². The van der Waals surface area contributed by atoms with Gasteiger partial charge in [-0.25, -0.2) is 4.79 Å². The van der Waals surface area contributed by atoms with E-state index in [2.05, 4.69) is 0 Å². The molecule has 0 bridgehead atoms. The zero-order valence-corrected chi connectivity index (χ0v) is 11.0. The lowest BCUT2D eigenvalue weighted by Gasteiger charge is -2.12. The third kappa shape index (κ3) is 3.37. The highest BCUT2D eigenvalue weighted by Gasteiger charge is 2.21. The molecule has 0 N–H and O–H groups in total. The van der Waals surface area contributed by atoms with Crippen molar-refractivity contribution in [3.63, 3.8) is 0 Å². The Bertz CT molecular complexity index is 380. The normalized spacial score (nSPS) is 10.3. The highest BCUT2D eigenvalue weighted by Crippen LogP contribution is 2.29. The van der Waals surface area contributed by atoms with Gasteiger partial charge in [-0.3, -0.25) is 4.89 Å². The molecule has 0 amide bonds. The first-order chi connectivity index (χ1) is 8.63. The van der Waals surface area contributed by atoms with Crippen LogP contribution in [-0.2, 0) is 9.78 Å². The molecule has 1 aromatic rings. The van der Waals surface area contributed by atoms with Gasteiger partial charge in [-0.15, -0.1) is 0 Å². The first-order valence-corrected chi connectivity index (χ1v) is 5.56. The molecule has 0 spiro atoms. The molecule has 0 heterocycles. The summed E-state index contributed by atoms with van der Waals surface area (Å²) in [6.45, 7) is 3.62. The number of hydrogen-bond donors (Lipinski definition) is 0. The first kappa shape index (κ1) is 14.3. The van der Waals surface area contributed by atoms with Crippen molar-refractivity contribution in [2.75, 3.05) is 14.2 Å². The minimum absolute atomic E-state index is 0.200. The first-order valence-electron chi connectivity index (χ1n) is 5.56. The van der Waals surface area contributed by atoms with Crippen LogP contribution in [0.2, 0.25) is 0 Å². The molecule has 0 aliphatic heterocycles. The Morgan fingerprint density at radius 2 is 1.67 bits per heavy atom. The number of hydrogen-bond acceptors (Lipinski definition) is 5. The standard InChI is InChI=1S/C13H17O5/c1-5-9(2)17-18-13(14)12-10(15-3)7-6-8-11(12)16-4/h6-8H,5H2,1-4H3. The van der Waals surface area contributed by atoms with Crippen LogP contribution >= 0.6 is 0 Å². The Balaban J connectivity index is 2.89. The van der Waals surface area contributed by atoms with Crippen molar-refractivity contribution in [2.24, 2.45) is 0 Å². The lowest BCUT2D eigenvalue weighted by Crippen LogP contribution is -2.11. The molecule has 0 aromatic heterocycles. The van der Waals surface area contributed by atoms with E-state index in [4.69, 9.17) is 19.2 Å². The van der Waals surface area contributed by atoms with E-state index >= 15 is 0 Å². The largest absolute Gasteiger partial charge is 0.496 e. The molecule has 5 nitrogen and oxygen atoms in total. The van der Waals surface area contributed by atoms with Gasteiger partial charge in [0.05, 0.1) is 14.2 Å². The van der Waals surface area contributed by atoms with Gasteiger partial charge in [0, 0.05) is 0 Å². The molecule has 0 unspecified atom stereocenters. The minimum Gasteiger partial charge on any atom is -0.496 e. The Labute approximate surface area is 107 Å². The second kappa shape index (κ2) is 6.86. The van der Waals surface area contributed by atoms with Crippen LogP contribution in [0.5, 0.6) is 11.5 Å². The van der Waals surface area contributed by atoms with E-state index in [1.165, 1.54) is 14.2 Å². The van der Waals surface area contributed by atoms with Crippen molar-refractivity contribution >= 4 is 5.97 Å².